The van der Waals surface area contributed by atoms with E-state index in [-0.39, 0.29) is 33.8 Å². The molecule has 0 atom stereocenters. The lowest BCUT2D eigenvalue weighted by molar-refractivity contribution is 0.353. The minimum absolute atomic E-state index is 0.00172. The van der Waals surface area contributed by atoms with Gasteiger partial charge in [-0.2, -0.15) is 0 Å². The van der Waals surface area contributed by atoms with Crippen LogP contribution in [0.2, 0.25) is 0 Å². The van der Waals surface area contributed by atoms with Crippen LogP contribution in [-0.4, -0.2) is 6.71 Å². The summed E-state index contributed by atoms with van der Waals surface area (Å²) in [6.45, 7) is 28.3. The highest BCUT2D eigenvalue weighted by Gasteiger charge is 2.49. The fourth-order valence-corrected chi connectivity index (χ4v) is 14.0. The van der Waals surface area contributed by atoms with Gasteiger partial charge in [-0.25, -0.2) is 0 Å². The van der Waals surface area contributed by atoms with Gasteiger partial charge in [-0.05, 0) is 144 Å². The quantitative estimate of drug-likeness (QED) is 0.163. The molecule has 2 aliphatic heterocycles. The number of benzene rings is 7. The summed E-state index contributed by atoms with van der Waals surface area (Å²) in [5.41, 5.74) is 24.3. The van der Waals surface area contributed by atoms with E-state index in [4.69, 9.17) is 0 Å². The highest BCUT2D eigenvalue weighted by Crippen LogP contribution is 2.60. The molecule has 4 heteroatoms. The Morgan fingerprint density at radius 1 is 0.471 bits per heavy atom. The first-order valence-corrected chi connectivity index (χ1v) is 27.0. The first kappa shape index (κ1) is 45.3. The van der Waals surface area contributed by atoms with Crippen molar-refractivity contribution in [3.63, 3.8) is 0 Å². The number of nitrogens with zero attached hydrogens (tertiary/aromatic N) is 2. The molecule has 4 aliphatic rings. The van der Waals surface area contributed by atoms with E-state index >= 15 is 0 Å². The summed E-state index contributed by atoms with van der Waals surface area (Å²) >= 11 is 2.02. The van der Waals surface area contributed by atoms with Gasteiger partial charge in [0.1, 0.15) is 0 Å². The maximum absolute atomic E-state index is 2.78. The van der Waals surface area contributed by atoms with Gasteiger partial charge in [-0.3, -0.25) is 0 Å². The van der Waals surface area contributed by atoms with E-state index in [0.717, 1.165) is 0 Å². The van der Waals surface area contributed by atoms with Gasteiger partial charge in [0.05, 0.1) is 11.4 Å². The van der Waals surface area contributed by atoms with E-state index in [1.165, 1.54) is 148 Å². The molecule has 0 radical (unpaired) electrons. The van der Waals surface area contributed by atoms with E-state index in [0.29, 0.717) is 0 Å². The number of hydrogen-bond acceptors (Lipinski definition) is 3. The predicted molar refractivity (Wildman–Crippen MR) is 305 cm³/mol. The van der Waals surface area contributed by atoms with E-state index in [1.54, 1.807) is 0 Å². The number of hydrogen-bond donors (Lipinski definition) is 0. The van der Waals surface area contributed by atoms with Gasteiger partial charge in [-0.15, -0.1) is 11.3 Å². The maximum Gasteiger partial charge on any atom is 0.264 e. The van der Waals surface area contributed by atoms with Crippen LogP contribution in [0.3, 0.4) is 0 Å². The van der Waals surface area contributed by atoms with Crippen molar-refractivity contribution in [2.75, 3.05) is 9.80 Å². The monoisotopic (exact) mass is 933 g/mol. The minimum atomic E-state index is -0.119. The Morgan fingerprint density at radius 2 is 1.04 bits per heavy atom. The van der Waals surface area contributed by atoms with Crippen molar-refractivity contribution in [3.8, 4) is 22.3 Å². The Bertz CT molecular complexity index is 3390. The van der Waals surface area contributed by atoms with Crippen LogP contribution < -0.4 is 25.5 Å². The normalized spacial score (nSPS) is 16.0. The van der Waals surface area contributed by atoms with Crippen LogP contribution in [0.4, 0.5) is 34.1 Å². The summed E-state index contributed by atoms with van der Waals surface area (Å²) in [6.07, 6.45) is 6.29. The lowest BCUT2D eigenvalue weighted by Gasteiger charge is -2.45. The van der Waals surface area contributed by atoms with Crippen LogP contribution >= 0.6 is 11.3 Å². The molecule has 7 aromatic carbocycles. The van der Waals surface area contributed by atoms with E-state index in [2.05, 4.69) is 232 Å². The van der Waals surface area contributed by atoms with Crippen LogP contribution in [0.15, 0.2) is 140 Å². The number of anilines is 6. The molecular weight excluding hydrogens is 864 g/mol. The lowest BCUT2D eigenvalue weighted by Crippen LogP contribution is -2.60. The highest BCUT2D eigenvalue weighted by molar-refractivity contribution is 7.33. The molecule has 0 unspecified atom stereocenters. The molecule has 0 saturated heterocycles. The second-order valence-electron chi connectivity index (χ2n) is 25.3. The third-order valence-corrected chi connectivity index (χ3v) is 17.9. The molecule has 70 heavy (non-hydrogen) atoms. The zero-order chi connectivity index (χ0) is 48.9. The van der Waals surface area contributed by atoms with Crippen molar-refractivity contribution in [1.82, 2.24) is 0 Å². The zero-order valence-corrected chi connectivity index (χ0v) is 44.5. The molecular formula is C66H69BN2S. The van der Waals surface area contributed by atoms with Gasteiger partial charge in [0, 0.05) is 48.6 Å². The van der Waals surface area contributed by atoms with Crippen LogP contribution in [-0.2, 0) is 27.1 Å². The maximum atomic E-state index is 2.78. The summed E-state index contributed by atoms with van der Waals surface area (Å²) in [4.78, 5) is 5.40. The molecule has 1 fully saturated rings. The summed E-state index contributed by atoms with van der Waals surface area (Å²) < 4.78 is 2.79. The summed E-state index contributed by atoms with van der Waals surface area (Å²) in [6, 6.07) is 55.4. The van der Waals surface area contributed by atoms with Gasteiger partial charge in [-0.1, -0.05) is 193 Å². The fraction of sp³-hybridized carbons (Fsp3) is 0.333. The molecule has 352 valence electrons. The number of rotatable bonds is 3. The van der Waals surface area contributed by atoms with E-state index in [9.17, 15) is 0 Å². The van der Waals surface area contributed by atoms with Crippen LogP contribution in [0.25, 0.3) is 32.3 Å². The smallest absolute Gasteiger partial charge is 0.264 e. The molecule has 2 aliphatic carbocycles. The number of thiophene rings is 1. The van der Waals surface area contributed by atoms with Gasteiger partial charge < -0.3 is 9.80 Å². The highest BCUT2D eigenvalue weighted by atomic mass is 32.1. The Kier molecular flexibility index (Phi) is 10.1. The largest absolute Gasteiger partial charge is 0.311 e. The summed E-state index contributed by atoms with van der Waals surface area (Å²) in [5, 5.41) is 1.36. The molecule has 0 N–H and O–H groups in total. The zero-order valence-electron chi connectivity index (χ0n) is 43.7. The average Bonchev–Trinajstić information content (AvgIpc) is 3.83. The minimum Gasteiger partial charge on any atom is -0.311 e. The molecule has 0 amide bonds. The second-order valence-corrected chi connectivity index (χ2v) is 26.4. The van der Waals surface area contributed by atoms with Gasteiger partial charge in [0.25, 0.3) is 6.71 Å². The molecule has 1 spiro atoms. The van der Waals surface area contributed by atoms with Crippen LogP contribution in [0.5, 0.6) is 0 Å². The molecule has 8 aromatic rings. The molecule has 1 aromatic heterocycles. The molecule has 3 heterocycles. The van der Waals surface area contributed by atoms with Crippen molar-refractivity contribution in [2.24, 2.45) is 0 Å². The Hall–Kier alpha value is -5.84. The van der Waals surface area contributed by atoms with Crippen LogP contribution in [0.1, 0.15) is 149 Å². The first-order chi connectivity index (χ1) is 33.2. The fourth-order valence-electron chi connectivity index (χ4n) is 12.7. The average molecular weight is 933 g/mol. The van der Waals surface area contributed by atoms with E-state index < -0.39 is 0 Å². The van der Waals surface area contributed by atoms with Crippen molar-refractivity contribution < 1.29 is 0 Å². The lowest BCUT2D eigenvalue weighted by atomic mass is 9.36. The predicted octanol–water partition coefficient (Wildman–Crippen LogP) is 17.1. The second kappa shape index (κ2) is 15.6. The molecule has 1 saturated carbocycles. The van der Waals surface area contributed by atoms with Crippen molar-refractivity contribution in [3.05, 3.63) is 173 Å². The third kappa shape index (κ3) is 6.93. The SMILES string of the molecule is CC(C)(C)c1ccc(-c2ccc(N3c4ccc(C(C)(C)C)cc4B4c5sc6ccc(C(C)(C)C)cc6c5N(c5cccc6c5-c5ccccc5C65CCCCC5)c5cc(C(C)(C)C)cc3c54)cc2)cc1. The van der Waals surface area contributed by atoms with Crippen molar-refractivity contribution >= 4 is 78.0 Å². The Morgan fingerprint density at radius 3 is 1.70 bits per heavy atom. The van der Waals surface area contributed by atoms with Crippen LogP contribution in [0, 0.1) is 0 Å². The van der Waals surface area contributed by atoms with Gasteiger partial charge in [0.2, 0.25) is 0 Å². The molecule has 12 rings (SSSR count). The summed E-state index contributed by atoms with van der Waals surface area (Å²) in [5.74, 6) is 0. The first-order valence-electron chi connectivity index (χ1n) is 26.2. The van der Waals surface area contributed by atoms with Crippen molar-refractivity contribution in [1.29, 1.82) is 0 Å². The number of fused-ring (bicyclic) bond motifs is 11. The standard InChI is InChI=1S/C66H69BN2S/c1-62(2,3)43-27-23-41(24-28-43)42-25-31-47(32-26-42)68-53-33-29-45(64(7,8)9)38-52(53)67-59-55(68)39-46(65(10,11)12)40-56(59)69(60-49-37-44(63(4,5)6)30-34-57(49)70-61(60)67)54-22-18-21-51-58(54)48-19-14-15-20-50(48)66(51)35-16-13-17-36-66/h14-15,18-34,37-40H,13,16-17,35-36H2,1-12H3. The Labute approximate surface area is 422 Å². The topological polar surface area (TPSA) is 6.48 Å². The van der Waals surface area contributed by atoms with Gasteiger partial charge >= 0.3 is 0 Å². The summed E-state index contributed by atoms with van der Waals surface area (Å²) in [7, 11) is 0. The molecule has 0 bridgehead atoms. The van der Waals surface area contributed by atoms with E-state index in [1.807, 2.05) is 11.3 Å². The third-order valence-electron chi connectivity index (χ3n) is 16.7. The molecule has 2 nitrogen and oxygen atoms in total. The Balaban J connectivity index is 1.17. The van der Waals surface area contributed by atoms with Gasteiger partial charge in [0.15, 0.2) is 0 Å². The van der Waals surface area contributed by atoms with Crippen molar-refractivity contribution in [2.45, 2.75) is 142 Å².